The summed E-state index contributed by atoms with van der Waals surface area (Å²) >= 11 is 0. The highest BCUT2D eigenvalue weighted by molar-refractivity contribution is 7.89. The Bertz CT molecular complexity index is 3500. The summed E-state index contributed by atoms with van der Waals surface area (Å²) in [5, 5.41) is 10.4. The van der Waals surface area contributed by atoms with Crippen LogP contribution in [0.4, 0.5) is 28.4 Å². The number of aryl methyl sites for hydroxylation is 4. The third-order valence-electron chi connectivity index (χ3n) is 15.2. The number of hydrogen-bond acceptors (Lipinski definition) is 9. The standard InChI is InChI=1S/C65H89N5O8S2/c1-17-21-25-46(19-3)38-70(39-47(20-4)26-22-18-2)79(73,74)56-34-51-54(35-52(56)67-61-41(6)32-43(8)63(45(61)10)69-58(72)37-65(14,15)16)78-53-33-48(29-30-49(53)59(51)50-27-23-24-28-55(50)80(75,76)77)66-60-40(5)31-42(7)62(44(60)9)68-57(71)36-64(11,12)13/h23-24,27-35,46-47,66H,17-22,25-26,36-39H2,1-16H3,(H,68,71)(H,69,72)(H,75,76,77)/b67-52+. The van der Waals surface area contributed by atoms with E-state index in [1.54, 1.807) is 40.7 Å². The molecule has 13 nitrogen and oxygen atoms in total. The van der Waals surface area contributed by atoms with Crippen molar-refractivity contribution in [3.05, 3.63) is 105 Å². The zero-order valence-corrected chi connectivity index (χ0v) is 52.1. The van der Waals surface area contributed by atoms with Crippen LogP contribution in [0.1, 0.15) is 167 Å². The van der Waals surface area contributed by atoms with Crippen molar-refractivity contribution in [3.63, 3.8) is 0 Å². The van der Waals surface area contributed by atoms with E-state index in [0.29, 0.717) is 64.4 Å². The van der Waals surface area contributed by atoms with Gasteiger partial charge in [-0.05, 0) is 135 Å². The summed E-state index contributed by atoms with van der Waals surface area (Å²) in [4.78, 5) is 31.7. The van der Waals surface area contributed by atoms with E-state index in [9.17, 15) is 22.6 Å². The first-order valence-corrected chi connectivity index (χ1v) is 31.5. The van der Waals surface area contributed by atoms with Crippen LogP contribution in [-0.2, 0) is 29.7 Å². The summed E-state index contributed by atoms with van der Waals surface area (Å²) in [5.74, 6) is 0.127. The lowest BCUT2D eigenvalue weighted by molar-refractivity contribution is -0.118. The molecule has 1 heterocycles. The largest absolute Gasteiger partial charge is 0.456 e. The van der Waals surface area contributed by atoms with Gasteiger partial charge in [0.15, 0.2) is 0 Å². The Morgan fingerprint density at radius 3 is 1.69 bits per heavy atom. The van der Waals surface area contributed by atoms with Crippen LogP contribution in [0.25, 0.3) is 33.4 Å². The van der Waals surface area contributed by atoms with Crippen molar-refractivity contribution >= 4 is 71.4 Å². The molecule has 4 N–H and O–H groups in total. The first kappa shape index (κ1) is 63.3. The molecule has 0 fully saturated rings. The molecule has 4 aromatic rings. The van der Waals surface area contributed by atoms with E-state index in [-0.39, 0.29) is 72.9 Å². The molecule has 0 spiro atoms. The van der Waals surface area contributed by atoms with Crippen molar-refractivity contribution in [1.29, 1.82) is 0 Å². The van der Waals surface area contributed by atoms with Crippen LogP contribution >= 0.6 is 0 Å². The molecule has 1 aliphatic heterocycles. The topological polar surface area (TPSA) is 187 Å². The quantitative estimate of drug-likeness (QED) is 0.0358. The summed E-state index contributed by atoms with van der Waals surface area (Å²) in [6.45, 7) is 32.8. The van der Waals surface area contributed by atoms with Gasteiger partial charge in [-0.2, -0.15) is 12.7 Å². The van der Waals surface area contributed by atoms with E-state index < -0.39 is 20.1 Å². The highest BCUT2D eigenvalue weighted by Crippen LogP contribution is 2.45. The smallest absolute Gasteiger partial charge is 0.295 e. The van der Waals surface area contributed by atoms with E-state index in [1.807, 2.05) is 101 Å². The highest BCUT2D eigenvalue weighted by atomic mass is 32.2. The van der Waals surface area contributed by atoms with E-state index in [4.69, 9.17) is 9.41 Å². The monoisotopic (exact) mass is 1130 g/mol. The number of rotatable bonds is 23. The predicted molar refractivity (Wildman–Crippen MR) is 329 cm³/mol. The van der Waals surface area contributed by atoms with Gasteiger partial charge in [0.1, 0.15) is 21.1 Å². The lowest BCUT2D eigenvalue weighted by Crippen LogP contribution is -2.40. The van der Waals surface area contributed by atoms with Crippen LogP contribution < -0.4 is 21.3 Å². The molecule has 1 aliphatic carbocycles. The number of hydrogen-bond donors (Lipinski definition) is 4. The molecule has 2 unspecified atom stereocenters. The Kier molecular flexibility index (Phi) is 20.5. The van der Waals surface area contributed by atoms with Gasteiger partial charge in [0.25, 0.3) is 10.1 Å². The lowest BCUT2D eigenvalue weighted by Gasteiger charge is -2.30. The molecule has 0 saturated carbocycles. The van der Waals surface area contributed by atoms with Gasteiger partial charge < -0.3 is 20.4 Å². The van der Waals surface area contributed by atoms with E-state index in [0.717, 1.165) is 84.9 Å². The first-order chi connectivity index (χ1) is 37.4. The van der Waals surface area contributed by atoms with Crippen molar-refractivity contribution in [2.45, 2.75) is 185 Å². The number of amides is 2. The molecule has 2 amide bonds. The number of benzene rings is 5. The Balaban J connectivity index is 1.74. The normalized spacial score (nSPS) is 13.6. The van der Waals surface area contributed by atoms with Crippen molar-refractivity contribution in [2.24, 2.45) is 27.7 Å². The molecular weight excluding hydrogens is 1040 g/mol. The molecule has 0 saturated heterocycles. The zero-order valence-electron chi connectivity index (χ0n) is 50.5. The average molecular weight is 1130 g/mol. The fourth-order valence-electron chi connectivity index (χ4n) is 11.0. The molecule has 4 aromatic carbocycles. The first-order valence-electron chi connectivity index (χ1n) is 28.7. The summed E-state index contributed by atoms with van der Waals surface area (Å²) < 4.78 is 78.6. The summed E-state index contributed by atoms with van der Waals surface area (Å²) in [5.41, 5.74) is 8.72. The molecule has 6 rings (SSSR count). The Morgan fingerprint density at radius 2 is 1.16 bits per heavy atom. The number of fused-ring (bicyclic) bond motifs is 2. The lowest BCUT2D eigenvalue weighted by atomic mass is 9.91. The fourth-order valence-corrected chi connectivity index (χ4v) is 13.4. The van der Waals surface area contributed by atoms with Gasteiger partial charge in [0.05, 0.1) is 11.0 Å². The Labute approximate surface area is 478 Å². The molecule has 0 aromatic heterocycles. The molecule has 2 atom stereocenters. The van der Waals surface area contributed by atoms with Gasteiger partial charge in [-0.15, -0.1) is 0 Å². The number of unbranched alkanes of at least 4 members (excludes halogenated alkanes) is 2. The second kappa shape index (κ2) is 25.9. The molecule has 434 valence electrons. The minimum absolute atomic E-state index is 0.0837. The second-order valence-corrected chi connectivity index (χ2v) is 28.0. The summed E-state index contributed by atoms with van der Waals surface area (Å²) in [6.07, 6.45) is 7.79. The van der Waals surface area contributed by atoms with Crippen LogP contribution in [-0.4, -0.2) is 50.6 Å². The molecular formula is C65H89N5O8S2. The zero-order chi connectivity index (χ0) is 59.2. The Morgan fingerprint density at radius 1 is 0.637 bits per heavy atom. The van der Waals surface area contributed by atoms with Crippen molar-refractivity contribution in [3.8, 4) is 22.5 Å². The van der Waals surface area contributed by atoms with E-state index in [2.05, 4.69) is 43.6 Å². The van der Waals surface area contributed by atoms with Gasteiger partial charge in [0, 0.05) is 82.9 Å². The maximum Gasteiger partial charge on any atom is 0.295 e. The van der Waals surface area contributed by atoms with Crippen molar-refractivity contribution in [2.75, 3.05) is 29.0 Å². The highest BCUT2D eigenvalue weighted by Gasteiger charge is 2.34. The fraction of sp³-hybridized carbons (Fsp3) is 0.492. The van der Waals surface area contributed by atoms with Crippen LogP contribution in [0.2, 0.25) is 0 Å². The number of nitrogens with zero attached hydrogens (tertiary/aromatic N) is 2. The van der Waals surface area contributed by atoms with Gasteiger partial charge in [-0.3, -0.25) is 14.1 Å². The van der Waals surface area contributed by atoms with Crippen LogP contribution in [0.3, 0.4) is 0 Å². The predicted octanol–water partition coefficient (Wildman–Crippen LogP) is 16.5. The minimum Gasteiger partial charge on any atom is -0.456 e. The maximum absolute atomic E-state index is 16.2. The second-order valence-electron chi connectivity index (χ2n) is 24.7. The van der Waals surface area contributed by atoms with E-state index in [1.165, 1.54) is 12.1 Å². The number of anilines is 4. The Hall–Kier alpha value is -5.87. The number of nitrogens with one attached hydrogen (secondary N) is 3. The van der Waals surface area contributed by atoms with Crippen LogP contribution in [0, 0.1) is 64.2 Å². The molecule has 80 heavy (non-hydrogen) atoms. The van der Waals surface area contributed by atoms with E-state index >= 15 is 8.42 Å². The third-order valence-corrected chi connectivity index (χ3v) is 18.0. The summed E-state index contributed by atoms with van der Waals surface area (Å²) in [7, 11) is -9.26. The molecule has 15 heteroatoms. The minimum atomic E-state index is -4.84. The average Bonchev–Trinajstić information content (AvgIpc) is 3.51. The van der Waals surface area contributed by atoms with Gasteiger partial charge >= 0.3 is 0 Å². The van der Waals surface area contributed by atoms with Gasteiger partial charge in [-0.25, -0.2) is 13.4 Å². The summed E-state index contributed by atoms with van der Waals surface area (Å²) in [6, 6.07) is 18.7. The molecule has 2 aliphatic rings. The maximum atomic E-state index is 16.2. The number of carbonyl (C=O) groups is 2. The third kappa shape index (κ3) is 15.4. The molecule has 0 radical (unpaired) electrons. The van der Waals surface area contributed by atoms with Gasteiger partial charge in [-0.1, -0.05) is 138 Å². The number of carbonyl (C=O) groups excluding carboxylic acids is 2. The SMILES string of the molecule is CCCCC(CC)CN(CC(CC)CCCC)S(=O)(=O)c1cc2c(-c3ccccc3S(=O)(=O)O)c3ccc(Nc4c(C)cc(C)c(NC(=O)CC(C)(C)C)c4C)cc3oc-2c/c1=N\c1c(C)cc(C)c(NC(=O)CC(C)(C)C)c1C. The van der Waals surface area contributed by atoms with Crippen LogP contribution in [0.15, 0.2) is 85.9 Å². The van der Waals surface area contributed by atoms with Crippen molar-refractivity contribution < 1.29 is 35.4 Å². The van der Waals surface area contributed by atoms with Crippen LogP contribution in [0.5, 0.6) is 0 Å². The van der Waals surface area contributed by atoms with Gasteiger partial charge in [0.2, 0.25) is 21.8 Å². The molecule has 0 bridgehead atoms. The van der Waals surface area contributed by atoms with Crippen molar-refractivity contribution in [1.82, 2.24) is 4.31 Å². The number of sulfonamides is 1.